The summed E-state index contributed by atoms with van der Waals surface area (Å²) in [6, 6.07) is 9.28. The van der Waals surface area contributed by atoms with E-state index in [2.05, 4.69) is 0 Å². The van der Waals surface area contributed by atoms with E-state index in [4.69, 9.17) is 4.42 Å². The summed E-state index contributed by atoms with van der Waals surface area (Å²) in [6.07, 6.45) is 0. The lowest BCUT2D eigenvalue weighted by Crippen LogP contribution is -2.01. The molecule has 1 aromatic heterocycles. The molecule has 0 spiro atoms. The Morgan fingerprint density at radius 3 is 2.83 bits per heavy atom. The molecule has 0 aliphatic carbocycles. The van der Waals surface area contributed by atoms with Crippen LogP contribution in [-0.2, 0) is 0 Å². The average molecular weight is 272 g/mol. The molecule has 0 saturated carbocycles. The first kappa shape index (κ1) is 7.79. The van der Waals surface area contributed by atoms with E-state index in [1.54, 1.807) is 6.07 Å². The van der Waals surface area contributed by atoms with E-state index >= 15 is 0 Å². The molecule has 0 fully saturated rings. The van der Waals surface area contributed by atoms with Gasteiger partial charge < -0.3 is 4.42 Å². The fourth-order valence-electron chi connectivity index (χ4n) is 1.04. The molecule has 2 aromatic rings. The summed E-state index contributed by atoms with van der Waals surface area (Å²) in [7, 11) is 0. The maximum absolute atomic E-state index is 11.1. The highest BCUT2D eigenvalue weighted by Crippen LogP contribution is 2.12. The average Bonchev–Trinajstić information content (AvgIpc) is 2.07. The molecule has 0 N–H and O–H groups in total. The maximum Gasteiger partial charge on any atom is 0.349 e. The fourth-order valence-corrected chi connectivity index (χ4v) is 1.48. The van der Waals surface area contributed by atoms with Gasteiger partial charge in [0.2, 0.25) is 0 Å². The van der Waals surface area contributed by atoms with Crippen LogP contribution in [0.2, 0.25) is 0 Å². The van der Waals surface area contributed by atoms with Crippen molar-refractivity contribution >= 4 is 33.6 Å². The van der Waals surface area contributed by atoms with Gasteiger partial charge in [-0.25, -0.2) is 4.79 Å². The van der Waals surface area contributed by atoms with E-state index in [9.17, 15) is 4.79 Å². The third-order valence-corrected chi connectivity index (χ3v) is 2.35. The van der Waals surface area contributed by atoms with Crippen LogP contribution in [0.25, 0.3) is 11.0 Å². The van der Waals surface area contributed by atoms with Crippen LogP contribution in [0.3, 0.4) is 0 Å². The summed E-state index contributed by atoms with van der Waals surface area (Å²) in [4.78, 5) is 11.1. The van der Waals surface area contributed by atoms with Gasteiger partial charge >= 0.3 is 5.63 Å². The summed E-state index contributed by atoms with van der Waals surface area (Å²) >= 11 is 1.97. The zero-order valence-corrected chi connectivity index (χ0v) is 8.24. The maximum atomic E-state index is 11.1. The topological polar surface area (TPSA) is 30.2 Å². The summed E-state index contributed by atoms with van der Waals surface area (Å²) in [6.45, 7) is 0. The van der Waals surface area contributed by atoms with Crippen molar-refractivity contribution in [2.75, 3.05) is 0 Å². The monoisotopic (exact) mass is 272 g/mol. The van der Waals surface area contributed by atoms with Crippen molar-refractivity contribution < 1.29 is 4.42 Å². The molecule has 2 nitrogen and oxygen atoms in total. The largest absolute Gasteiger partial charge is 0.422 e. The Balaban J connectivity index is 2.93. The summed E-state index contributed by atoms with van der Waals surface area (Å²) in [5, 5.41) is 0.960. The molecule has 12 heavy (non-hydrogen) atoms. The van der Waals surface area contributed by atoms with E-state index in [-0.39, 0.29) is 5.63 Å². The van der Waals surface area contributed by atoms with Crippen LogP contribution in [0.4, 0.5) is 0 Å². The second kappa shape index (κ2) is 2.90. The van der Waals surface area contributed by atoms with Crippen LogP contribution in [0.5, 0.6) is 0 Å². The molecule has 2 rings (SSSR count). The molecular formula is C9H5IO2. The Hall–Kier alpha value is -0.840. The number of hydrogen-bond acceptors (Lipinski definition) is 2. The molecule has 0 aliphatic rings. The first-order valence-corrected chi connectivity index (χ1v) is 4.53. The Kier molecular flexibility index (Phi) is 1.88. The van der Waals surface area contributed by atoms with Gasteiger partial charge in [0.05, 0.1) is 3.57 Å². The predicted octanol–water partition coefficient (Wildman–Crippen LogP) is 2.40. The van der Waals surface area contributed by atoms with Gasteiger partial charge in [0.1, 0.15) is 5.58 Å². The van der Waals surface area contributed by atoms with E-state index < -0.39 is 0 Å². The molecule has 0 saturated heterocycles. The van der Waals surface area contributed by atoms with Crippen LogP contribution in [0.15, 0.2) is 39.5 Å². The standard InChI is InChI=1S/C9H5IO2/c10-7-5-6-3-1-2-4-8(6)12-9(7)11/h1-5H. The van der Waals surface area contributed by atoms with Crippen molar-refractivity contribution in [1.29, 1.82) is 0 Å². The lowest BCUT2D eigenvalue weighted by atomic mass is 10.2. The van der Waals surface area contributed by atoms with Gasteiger partial charge in [0.25, 0.3) is 0 Å². The van der Waals surface area contributed by atoms with Crippen LogP contribution in [-0.4, -0.2) is 0 Å². The highest BCUT2D eigenvalue weighted by atomic mass is 127. The number of benzene rings is 1. The minimum atomic E-state index is -0.269. The number of halogens is 1. The number of hydrogen-bond donors (Lipinski definition) is 0. The molecular weight excluding hydrogens is 267 g/mol. The number of fused-ring (bicyclic) bond motifs is 1. The van der Waals surface area contributed by atoms with E-state index in [1.807, 2.05) is 46.9 Å². The molecule has 1 heterocycles. The van der Waals surface area contributed by atoms with Gasteiger partial charge in [-0.1, -0.05) is 18.2 Å². The van der Waals surface area contributed by atoms with Crippen molar-refractivity contribution in [2.45, 2.75) is 0 Å². The highest BCUT2D eigenvalue weighted by Gasteiger charge is 1.99. The van der Waals surface area contributed by atoms with E-state index in [0.717, 1.165) is 5.39 Å². The molecule has 0 radical (unpaired) electrons. The highest BCUT2D eigenvalue weighted by molar-refractivity contribution is 14.1. The Labute approximate surface area is 82.3 Å². The van der Waals surface area contributed by atoms with Crippen molar-refractivity contribution in [2.24, 2.45) is 0 Å². The smallest absolute Gasteiger partial charge is 0.349 e. The minimum Gasteiger partial charge on any atom is -0.422 e. The Bertz CT molecular complexity index is 473. The fraction of sp³-hybridized carbons (Fsp3) is 0. The third kappa shape index (κ3) is 1.24. The SMILES string of the molecule is O=c1oc2ccccc2cc1I. The third-order valence-electron chi connectivity index (χ3n) is 1.60. The lowest BCUT2D eigenvalue weighted by Gasteiger charge is -1.94. The molecule has 0 bridgehead atoms. The van der Waals surface area contributed by atoms with Crippen molar-refractivity contribution in [3.8, 4) is 0 Å². The first-order valence-electron chi connectivity index (χ1n) is 3.46. The summed E-state index contributed by atoms with van der Waals surface area (Å²) < 4.78 is 5.65. The predicted molar refractivity (Wildman–Crippen MR) is 55.2 cm³/mol. The van der Waals surface area contributed by atoms with Gasteiger partial charge in [-0.05, 0) is 34.7 Å². The van der Waals surface area contributed by atoms with E-state index in [0.29, 0.717) is 9.15 Å². The Morgan fingerprint density at radius 1 is 1.25 bits per heavy atom. The second-order valence-electron chi connectivity index (χ2n) is 2.42. The van der Waals surface area contributed by atoms with Crippen LogP contribution in [0, 0.1) is 3.57 Å². The molecule has 0 atom stereocenters. The summed E-state index contributed by atoms with van der Waals surface area (Å²) in [5.74, 6) is 0. The van der Waals surface area contributed by atoms with Gasteiger partial charge in [-0.3, -0.25) is 0 Å². The van der Waals surface area contributed by atoms with Crippen molar-refractivity contribution in [3.63, 3.8) is 0 Å². The second-order valence-corrected chi connectivity index (χ2v) is 3.58. The van der Waals surface area contributed by atoms with Crippen LogP contribution >= 0.6 is 22.6 Å². The number of rotatable bonds is 0. The van der Waals surface area contributed by atoms with Gasteiger partial charge in [-0.2, -0.15) is 0 Å². The summed E-state index contributed by atoms with van der Waals surface area (Å²) in [5.41, 5.74) is 0.372. The normalized spacial score (nSPS) is 10.4. The quantitative estimate of drug-likeness (QED) is 0.544. The van der Waals surface area contributed by atoms with Crippen LogP contribution < -0.4 is 5.63 Å². The van der Waals surface area contributed by atoms with E-state index in [1.165, 1.54) is 0 Å². The molecule has 0 aliphatic heterocycles. The van der Waals surface area contributed by atoms with Crippen molar-refractivity contribution in [3.05, 3.63) is 44.3 Å². The lowest BCUT2D eigenvalue weighted by molar-refractivity contribution is 0.556. The zero-order chi connectivity index (χ0) is 8.55. The molecule has 0 amide bonds. The molecule has 0 unspecified atom stereocenters. The molecule has 3 heteroatoms. The van der Waals surface area contributed by atoms with Gasteiger partial charge in [-0.15, -0.1) is 0 Å². The molecule has 1 aromatic carbocycles. The Morgan fingerprint density at radius 2 is 2.00 bits per heavy atom. The first-order chi connectivity index (χ1) is 5.77. The van der Waals surface area contributed by atoms with Gasteiger partial charge in [0, 0.05) is 5.39 Å². The minimum absolute atomic E-state index is 0.269. The van der Waals surface area contributed by atoms with Crippen molar-refractivity contribution in [1.82, 2.24) is 0 Å². The molecule has 60 valence electrons. The van der Waals surface area contributed by atoms with Gasteiger partial charge in [0.15, 0.2) is 0 Å². The zero-order valence-electron chi connectivity index (χ0n) is 6.08. The number of para-hydroxylation sites is 1. The van der Waals surface area contributed by atoms with Crippen LogP contribution in [0.1, 0.15) is 0 Å².